The molecule has 10 heteroatoms. The lowest BCUT2D eigenvalue weighted by molar-refractivity contribution is -0.120. The third kappa shape index (κ3) is 5.49. The van der Waals surface area contributed by atoms with Gasteiger partial charge in [0, 0.05) is 17.6 Å². The fourth-order valence-corrected chi connectivity index (χ4v) is 4.12. The van der Waals surface area contributed by atoms with Gasteiger partial charge in [0.25, 0.3) is 5.91 Å². The van der Waals surface area contributed by atoms with Crippen LogP contribution in [0.15, 0.2) is 23.1 Å². The normalized spacial score (nSPS) is 20.9. The van der Waals surface area contributed by atoms with E-state index in [0.717, 1.165) is 13.0 Å². The zero-order valence-corrected chi connectivity index (χ0v) is 15.5. The molecule has 0 aromatic heterocycles. The molecule has 4 N–H and O–H groups in total. The van der Waals surface area contributed by atoms with E-state index >= 15 is 0 Å². The van der Waals surface area contributed by atoms with Crippen LogP contribution in [0.3, 0.4) is 0 Å². The average Bonchev–Trinajstić information content (AvgIpc) is 2.48. The lowest BCUT2D eigenvalue weighted by Crippen LogP contribution is -2.50. The minimum absolute atomic E-state index is 0. The number of carbonyl (C=O) groups excluding carboxylic acids is 1. The fraction of sp³-hybridized carbons (Fsp3) is 0.500. The Morgan fingerprint density at radius 2 is 2.21 bits per heavy atom. The maximum absolute atomic E-state index is 12.7. The number of sulfonamides is 1. The van der Waals surface area contributed by atoms with Crippen molar-refractivity contribution in [2.75, 3.05) is 19.7 Å². The Kier molecular flexibility index (Phi) is 7.75. The highest BCUT2D eigenvalue weighted by Gasteiger charge is 2.28. The molecule has 136 valence electrons. The summed E-state index contributed by atoms with van der Waals surface area (Å²) < 4.78 is 33.2. The molecule has 0 bridgehead atoms. The van der Waals surface area contributed by atoms with Crippen molar-refractivity contribution >= 4 is 39.9 Å². The van der Waals surface area contributed by atoms with Crippen molar-refractivity contribution in [3.63, 3.8) is 0 Å². The summed E-state index contributed by atoms with van der Waals surface area (Å²) in [6.45, 7) is 3.00. The molecular weight excluding hydrogens is 377 g/mol. The lowest BCUT2D eigenvalue weighted by Gasteiger charge is -2.30. The molecule has 0 saturated carbocycles. The number of hydrogen-bond acceptors (Lipinski definition) is 5. The van der Waals surface area contributed by atoms with Crippen molar-refractivity contribution in [3.05, 3.63) is 23.2 Å². The Bertz CT molecular complexity index is 685. The summed E-state index contributed by atoms with van der Waals surface area (Å²) in [5.41, 5.74) is 5.03. The molecule has 1 aromatic rings. The molecule has 0 aliphatic carbocycles. The summed E-state index contributed by atoms with van der Waals surface area (Å²) in [6.07, 6.45) is 0.883. The molecule has 0 spiro atoms. The summed E-state index contributed by atoms with van der Waals surface area (Å²) in [7, 11) is -3.85. The van der Waals surface area contributed by atoms with Gasteiger partial charge in [-0.1, -0.05) is 18.5 Å². The van der Waals surface area contributed by atoms with Crippen LogP contribution >= 0.6 is 24.0 Å². The van der Waals surface area contributed by atoms with Gasteiger partial charge in [-0.2, -0.15) is 0 Å². The van der Waals surface area contributed by atoms with E-state index in [1.165, 1.54) is 18.2 Å². The van der Waals surface area contributed by atoms with Crippen LogP contribution < -0.4 is 20.5 Å². The highest BCUT2D eigenvalue weighted by molar-refractivity contribution is 7.89. The molecule has 0 radical (unpaired) electrons. The molecule has 1 fully saturated rings. The molecule has 2 atom stereocenters. The number of amides is 1. The summed E-state index contributed by atoms with van der Waals surface area (Å²) in [5, 5.41) is 3.42. The number of primary amides is 1. The van der Waals surface area contributed by atoms with Gasteiger partial charge < -0.3 is 15.8 Å². The van der Waals surface area contributed by atoms with Crippen LogP contribution in [-0.2, 0) is 14.8 Å². The molecule has 1 aromatic carbocycles. The first-order valence-corrected chi connectivity index (χ1v) is 9.09. The van der Waals surface area contributed by atoms with Crippen LogP contribution in [0.25, 0.3) is 0 Å². The summed E-state index contributed by atoms with van der Waals surface area (Å²) >= 11 is 5.91. The number of nitrogens with two attached hydrogens (primary N) is 1. The van der Waals surface area contributed by atoms with Crippen LogP contribution in [-0.4, -0.2) is 40.1 Å². The van der Waals surface area contributed by atoms with E-state index in [4.69, 9.17) is 22.1 Å². The Labute approximate surface area is 152 Å². The second kappa shape index (κ2) is 8.87. The van der Waals surface area contributed by atoms with Crippen molar-refractivity contribution in [1.82, 2.24) is 10.0 Å². The molecule has 1 aliphatic heterocycles. The minimum atomic E-state index is -3.85. The molecule has 1 aliphatic rings. The predicted molar refractivity (Wildman–Crippen MR) is 94.1 cm³/mol. The zero-order valence-electron chi connectivity index (χ0n) is 13.1. The molecule has 7 nitrogen and oxygen atoms in total. The van der Waals surface area contributed by atoms with Crippen LogP contribution in [0.5, 0.6) is 5.75 Å². The molecule has 1 saturated heterocycles. The monoisotopic (exact) mass is 397 g/mol. The van der Waals surface area contributed by atoms with E-state index in [-0.39, 0.29) is 40.0 Å². The van der Waals surface area contributed by atoms with E-state index < -0.39 is 22.5 Å². The zero-order chi connectivity index (χ0) is 17.0. The highest BCUT2D eigenvalue weighted by atomic mass is 35.5. The van der Waals surface area contributed by atoms with Crippen LogP contribution in [0.1, 0.15) is 13.3 Å². The van der Waals surface area contributed by atoms with Crippen molar-refractivity contribution in [2.45, 2.75) is 24.3 Å². The van der Waals surface area contributed by atoms with Gasteiger partial charge in [0.15, 0.2) is 6.61 Å². The van der Waals surface area contributed by atoms with Crippen LogP contribution in [0.2, 0.25) is 5.02 Å². The molecular formula is C14H21Cl2N3O4S. The average molecular weight is 398 g/mol. The van der Waals surface area contributed by atoms with Gasteiger partial charge in [-0.15, -0.1) is 12.4 Å². The number of halogens is 2. The van der Waals surface area contributed by atoms with Crippen molar-refractivity contribution in [3.8, 4) is 5.75 Å². The number of ether oxygens (including phenoxy) is 1. The first-order valence-electron chi connectivity index (χ1n) is 7.23. The largest absolute Gasteiger partial charge is 0.482 e. The highest BCUT2D eigenvalue weighted by Crippen LogP contribution is 2.28. The van der Waals surface area contributed by atoms with Crippen LogP contribution in [0.4, 0.5) is 0 Å². The van der Waals surface area contributed by atoms with Crippen molar-refractivity contribution < 1.29 is 17.9 Å². The van der Waals surface area contributed by atoms with Crippen molar-refractivity contribution in [2.24, 2.45) is 11.7 Å². The topological polar surface area (TPSA) is 111 Å². The summed E-state index contributed by atoms with van der Waals surface area (Å²) in [6, 6.07) is 3.96. The van der Waals surface area contributed by atoms with Gasteiger partial charge in [0.2, 0.25) is 10.0 Å². The molecule has 2 unspecified atom stereocenters. The number of carbonyl (C=O) groups is 1. The number of rotatable bonds is 6. The Morgan fingerprint density at radius 1 is 1.50 bits per heavy atom. The number of nitrogens with one attached hydrogen (secondary N) is 2. The number of piperidine rings is 1. The second-order valence-electron chi connectivity index (χ2n) is 5.54. The van der Waals surface area contributed by atoms with E-state index in [1.54, 1.807) is 0 Å². The maximum Gasteiger partial charge on any atom is 0.255 e. The van der Waals surface area contributed by atoms with Gasteiger partial charge >= 0.3 is 0 Å². The molecule has 1 heterocycles. The molecule has 24 heavy (non-hydrogen) atoms. The summed E-state index contributed by atoms with van der Waals surface area (Å²) in [4.78, 5) is 10.8. The van der Waals surface area contributed by atoms with Crippen molar-refractivity contribution in [1.29, 1.82) is 0 Å². The van der Waals surface area contributed by atoms with Gasteiger partial charge in [-0.3, -0.25) is 4.79 Å². The first kappa shape index (κ1) is 21.0. The van der Waals surface area contributed by atoms with Gasteiger partial charge in [-0.25, -0.2) is 13.1 Å². The van der Waals surface area contributed by atoms with E-state index in [0.29, 0.717) is 6.54 Å². The van der Waals surface area contributed by atoms with E-state index in [1.807, 2.05) is 6.92 Å². The number of hydrogen-bond donors (Lipinski definition) is 3. The van der Waals surface area contributed by atoms with E-state index in [9.17, 15) is 13.2 Å². The SMILES string of the molecule is CC1CCNCC1NS(=O)(=O)c1cc(Cl)ccc1OCC(N)=O.Cl. The maximum atomic E-state index is 12.7. The third-order valence-corrected chi connectivity index (χ3v) is 5.45. The quantitative estimate of drug-likeness (QED) is 0.660. The van der Waals surface area contributed by atoms with Gasteiger partial charge in [0.1, 0.15) is 10.6 Å². The fourth-order valence-electron chi connectivity index (χ4n) is 2.37. The Balaban J connectivity index is 0.00000288. The van der Waals surface area contributed by atoms with Gasteiger partial charge in [-0.05, 0) is 37.1 Å². The van der Waals surface area contributed by atoms with E-state index in [2.05, 4.69) is 10.0 Å². The predicted octanol–water partition coefficient (Wildman–Crippen LogP) is 0.902. The first-order chi connectivity index (χ1) is 10.8. The lowest BCUT2D eigenvalue weighted by atomic mass is 9.96. The second-order valence-corrected chi connectivity index (χ2v) is 7.66. The third-order valence-electron chi connectivity index (χ3n) is 3.70. The van der Waals surface area contributed by atoms with Crippen LogP contribution in [0, 0.1) is 5.92 Å². The smallest absolute Gasteiger partial charge is 0.255 e. The number of benzene rings is 1. The Hall–Kier alpha value is -1.06. The molecule has 2 rings (SSSR count). The standard InChI is InChI=1S/C14H20ClN3O4S.ClH/c1-9-4-5-17-7-11(9)18-23(20,21)13-6-10(15)2-3-12(13)22-8-14(16)19;/h2-3,6,9,11,17-18H,4-5,7-8H2,1H3,(H2,16,19);1H. The minimum Gasteiger partial charge on any atom is -0.482 e. The summed E-state index contributed by atoms with van der Waals surface area (Å²) in [5.74, 6) is -0.446. The van der Waals surface area contributed by atoms with Gasteiger partial charge in [0.05, 0.1) is 0 Å². The Morgan fingerprint density at radius 3 is 2.83 bits per heavy atom. The molecule has 1 amide bonds.